The first kappa shape index (κ1) is 19.3. The van der Waals surface area contributed by atoms with Gasteiger partial charge >= 0.3 is 0 Å². The Kier molecular flexibility index (Phi) is 7.60. The maximum absolute atomic E-state index is 9.01. The fourth-order valence-electron chi connectivity index (χ4n) is 3.02. The zero-order chi connectivity index (χ0) is 18.7. The molecule has 3 rings (SSSR count). The van der Waals surface area contributed by atoms with Crippen molar-refractivity contribution in [3.8, 4) is 0 Å². The monoisotopic (exact) mass is 361 g/mol. The number of nitrogens with zero attached hydrogens (tertiary/aromatic N) is 1. The highest BCUT2D eigenvalue weighted by molar-refractivity contribution is 5.23. The standard InChI is InChI=1S/C24H27NO2/c26-17-15-21-11-13-22(14-12-21)16-18-27-25(19-23-7-3-1-4-8-23)20-24-9-5-2-6-10-24/h1-14,26H,15-20H2. The third-order valence-corrected chi connectivity index (χ3v) is 4.49. The molecule has 3 aromatic rings. The van der Waals surface area contributed by atoms with Gasteiger partial charge in [-0.3, -0.25) is 4.84 Å². The fourth-order valence-corrected chi connectivity index (χ4v) is 3.02. The summed E-state index contributed by atoms with van der Waals surface area (Å²) in [5, 5.41) is 11.0. The van der Waals surface area contributed by atoms with E-state index in [4.69, 9.17) is 9.94 Å². The molecular weight excluding hydrogens is 334 g/mol. The van der Waals surface area contributed by atoms with E-state index in [1.54, 1.807) is 0 Å². The summed E-state index contributed by atoms with van der Waals surface area (Å²) < 4.78 is 0. The molecule has 3 aromatic carbocycles. The molecule has 1 N–H and O–H groups in total. The minimum absolute atomic E-state index is 0.191. The van der Waals surface area contributed by atoms with E-state index in [0.29, 0.717) is 13.0 Å². The van der Waals surface area contributed by atoms with Gasteiger partial charge < -0.3 is 5.11 Å². The summed E-state index contributed by atoms with van der Waals surface area (Å²) in [4.78, 5) is 6.12. The van der Waals surface area contributed by atoms with Gasteiger partial charge in [0.1, 0.15) is 0 Å². The van der Waals surface area contributed by atoms with Gasteiger partial charge in [-0.15, -0.1) is 0 Å². The molecule has 0 aliphatic heterocycles. The number of rotatable bonds is 10. The summed E-state index contributed by atoms with van der Waals surface area (Å²) in [6, 6.07) is 29.2. The maximum atomic E-state index is 9.01. The lowest BCUT2D eigenvalue weighted by molar-refractivity contribution is -0.173. The molecule has 0 unspecified atom stereocenters. The Labute approximate surface area is 161 Å². The first-order valence-corrected chi connectivity index (χ1v) is 9.48. The average molecular weight is 361 g/mol. The van der Waals surface area contributed by atoms with Crippen LogP contribution in [0.3, 0.4) is 0 Å². The molecular formula is C24H27NO2. The van der Waals surface area contributed by atoms with E-state index >= 15 is 0 Å². The van der Waals surface area contributed by atoms with E-state index in [-0.39, 0.29) is 6.61 Å². The first-order chi connectivity index (χ1) is 13.3. The number of hydrogen-bond donors (Lipinski definition) is 1. The first-order valence-electron chi connectivity index (χ1n) is 9.48. The Morgan fingerprint density at radius 3 is 1.56 bits per heavy atom. The summed E-state index contributed by atoms with van der Waals surface area (Å²) in [5.41, 5.74) is 4.89. The van der Waals surface area contributed by atoms with Crippen LogP contribution in [0.4, 0.5) is 0 Å². The molecule has 3 heteroatoms. The molecule has 0 aliphatic rings. The van der Waals surface area contributed by atoms with Gasteiger partial charge in [-0.25, -0.2) is 0 Å². The predicted octanol–water partition coefficient (Wildman–Crippen LogP) is 4.40. The number of aliphatic hydroxyl groups excluding tert-OH is 1. The summed E-state index contributed by atoms with van der Waals surface area (Å²) in [6.07, 6.45) is 1.57. The zero-order valence-electron chi connectivity index (χ0n) is 15.6. The summed E-state index contributed by atoms with van der Waals surface area (Å²) in [6.45, 7) is 2.34. The van der Waals surface area contributed by atoms with Gasteiger partial charge in [-0.2, -0.15) is 5.06 Å². The van der Waals surface area contributed by atoms with Crippen LogP contribution in [-0.2, 0) is 30.8 Å². The van der Waals surface area contributed by atoms with Crippen LogP contribution in [0.2, 0.25) is 0 Å². The topological polar surface area (TPSA) is 32.7 Å². The van der Waals surface area contributed by atoms with Crippen LogP contribution in [0.1, 0.15) is 22.3 Å². The second kappa shape index (κ2) is 10.6. The van der Waals surface area contributed by atoms with Crippen molar-refractivity contribution < 1.29 is 9.94 Å². The summed E-state index contributed by atoms with van der Waals surface area (Å²) in [7, 11) is 0. The number of hydrogen-bond acceptors (Lipinski definition) is 3. The van der Waals surface area contributed by atoms with Crippen molar-refractivity contribution in [2.45, 2.75) is 25.9 Å². The van der Waals surface area contributed by atoms with Crippen LogP contribution in [0, 0.1) is 0 Å². The van der Waals surface area contributed by atoms with Crippen molar-refractivity contribution in [1.29, 1.82) is 0 Å². The van der Waals surface area contributed by atoms with Gasteiger partial charge in [-0.1, -0.05) is 84.9 Å². The van der Waals surface area contributed by atoms with Gasteiger partial charge in [0.15, 0.2) is 0 Å². The molecule has 0 aromatic heterocycles. The van der Waals surface area contributed by atoms with Gasteiger partial charge in [-0.05, 0) is 35.1 Å². The van der Waals surface area contributed by atoms with Crippen molar-refractivity contribution in [1.82, 2.24) is 5.06 Å². The lowest BCUT2D eigenvalue weighted by Gasteiger charge is -2.22. The van der Waals surface area contributed by atoms with E-state index in [2.05, 4.69) is 72.8 Å². The molecule has 0 heterocycles. The van der Waals surface area contributed by atoms with Crippen LogP contribution in [0.5, 0.6) is 0 Å². The Balaban J connectivity index is 1.57. The molecule has 3 nitrogen and oxygen atoms in total. The SMILES string of the molecule is OCCc1ccc(CCON(Cc2ccccc2)Cc2ccccc2)cc1. The zero-order valence-corrected chi connectivity index (χ0v) is 15.6. The molecule has 0 saturated heterocycles. The molecule has 0 atom stereocenters. The number of hydroxylamine groups is 2. The van der Waals surface area contributed by atoms with Crippen LogP contribution >= 0.6 is 0 Å². The smallest absolute Gasteiger partial charge is 0.0725 e. The van der Waals surface area contributed by atoms with E-state index in [1.165, 1.54) is 16.7 Å². The third-order valence-electron chi connectivity index (χ3n) is 4.49. The van der Waals surface area contributed by atoms with Gasteiger partial charge in [0.25, 0.3) is 0 Å². The van der Waals surface area contributed by atoms with Crippen LogP contribution in [0.25, 0.3) is 0 Å². The molecule has 140 valence electrons. The van der Waals surface area contributed by atoms with Crippen molar-refractivity contribution in [3.63, 3.8) is 0 Å². The highest BCUT2D eigenvalue weighted by Gasteiger charge is 2.08. The average Bonchev–Trinajstić information content (AvgIpc) is 2.71. The van der Waals surface area contributed by atoms with Gasteiger partial charge in [0, 0.05) is 19.7 Å². The predicted molar refractivity (Wildman–Crippen MR) is 109 cm³/mol. The van der Waals surface area contributed by atoms with Crippen molar-refractivity contribution in [3.05, 3.63) is 107 Å². The molecule has 0 aliphatic carbocycles. The number of benzene rings is 3. The second-order valence-electron chi connectivity index (χ2n) is 6.64. The highest BCUT2D eigenvalue weighted by atomic mass is 16.7. The molecule has 27 heavy (non-hydrogen) atoms. The number of aliphatic hydroxyl groups is 1. The Hall–Kier alpha value is -2.46. The Morgan fingerprint density at radius 1 is 0.593 bits per heavy atom. The lowest BCUT2D eigenvalue weighted by Crippen LogP contribution is -2.24. The van der Waals surface area contributed by atoms with E-state index in [0.717, 1.165) is 25.1 Å². The molecule has 0 bridgehead atoms. The lowest BCUT2D eigenvalue weighted by atomic mass is 10.1. The van der Waals surface area contributed by atoms with Crippen molar-refractivity contribution in [2.24, 2.45) is 0 Å². The minimum atomic E-state index is 0.191. The van der Waals surface area contributed by atoms with Crippen LogP contribution in [0.15, 0.2) is 84.9 Å². The quantitative estimate of drug-likeness (QED) is 0.543. The normalized spacial score (nSPS) is 11.0. The van der Waals surface area contributed by atoms with Crippen LogP contribution < -0.4 is 0 Å². The van der Waals surface area contributed by atoms with Crippen molar-refractivity contribution >= 4 is 0 Å². The van der Waals surface area contributed by atoms with Crippen LogP contribution in [-0.4, -0.2) is 23.4 Å². The second-order valence-corrected chi connectivity index (χ2v) is 6.64. The van der Waals surface area contributed by atoms with E-state index in [1.807, 2.05) is 17.2 Å². The largest absolute Gasteiger partial charge is 0.396 e. The summed E-state index contributed by atoms with van der Waals surface area (Å²) >= 11 is 0. The summed E-state index contributed by atoms with van der Waals surface area (Å²) in [5.74, 6) is 0. The Morgan fingerprint density at radius 2 is 1.07 bits per heavy atom. The molecule has 0 spiro atoms. The van der Waals surface area contributed by atoms with Gasteiger partial charge in [0.2, 0.25) is 0 Å². The van der Waals surface area contributed by atoms with E-state index in [9.17, 15) is 0 Å². The highest BCUT2D eigenvalue weighted by Crippen LogP contribution is 2.12. The maximum Gasteiger partial charge on any atom is 0.0725 e. The minimum Gasteiger partial charge on any atom is -0.396 e. The third kappa shape index (κ3) is 6.65. The van der Waals surface area contributed by atoms with Crippen molar-refractivity contribution in [2.75, 3.05) is 13.2 Å². The van der Waals surface area contributed by atoms with E-state index < -0.39 is 0 Å². The fraction of sp³-hybridized carbons (Fsp3) is 0.250. The van der Waals surface area contributed by atoms with Gasteiger partial charge in [0.05, 0.1) is 6.61 Å². The Bertz CT molecular complexity index is 731. The molecule has 0 radical (unpaired) electrons. The molecule has 0 amide bonds. The molecule has 0 saturated carbocycles. The molecule has 0 fully saturated rings.